The number of benzene rings is 2. The Morgan fingerprint density at radius 2 is 1.70 bits per heavy atom. The van der Waals surface area contributed by atoms with Crippen molar-refractivity contribution in [2.75, 3.05) is 39.4 Å². The van der Waals surface area contributed by atoms with Gasteiger partial charge in [-0.05, 0) is 30.9 Å². The first kappa shape index (κ1) is 21.0. The second-order valence-corrected chi connectivity index (χ2v) is 8.58. The lowest BCUT2D eigenvalue weighted by atomic mass is 9.74. The number of hydrogen-bond acceptors (Lipinski definition) is 4. The van der Waals surface area contributed by atoms with Crippen molar-refractivity contribution in [3.63, 3.8) is 0 Å². The predicted octanol–water partition coefficient (Wildman–Crippen LogP) is 3.31. The molecule has 2 aromatic carbocycles. The van der Waals surface area contributed by atoms with Crippen molar-refractivity contribution in [3.8, 4) is 0 Å². The van der Waals surface area contributed by atoms with Gasteiger partial charge in [-0.25, -0.2) is 0 Å². The molecule has 0 spiro atoms. The highest BCUT2D eigenvalue weighted by Gasteiger charge is 2.35. The Morgan fingerprint density at radius 1 is 1.03 bits per heavy atom. The maximum atomic E-state index is 12.9. The van der Waals surface area contributed by atoms with Crippen LogP contribution in [0.5, 0.6) is 0 Å². The molecule has 1 amide bonds. The number of carbonyl (C=O) groups excluding carboxylic acids is 1. The van der Waals surface area contributed by atoms with E-state index in [0.29, 0.717) is 13.1 Å². The van der Waals surface area contributed by atoms with Gasteiger partial charge in [0.25, 0.3) is 0 Å². The molecule has 2 fully saturated rings. The summed E-state index contributed by atoms with van der Waals surface area (Å²) in [6.07, 6.45) is 1.97. The van der Waals surface area contributed by atoms with Gasteiger partial charge < -0.3 is 14.8 Å². The molecule has 2 saturated heterocycles. The minimum absolute atomic E-state index is 0.00824. The van der Waals surface area contributed by atoms with Gasteiger partial charge in [-0.1, -0.05) is 60.7 Å². The van der Waals surface area contributed by atoms with Crippen LogP contribution in [-0.4, -0.2) is 56.3 Å². The zero-order chi connectivity index (χ0) is 20.8. The van der Waals surface area contributed by atoms with Gasteiger partial charge in [-0.3, -0.25) is 9.69 Å². The molecule has 1 N–H and O–H groups in total. The van der Waals surface area contributed by atoms with Crippen molar-refractivity contribution >= 4 is 5.91 Å². The van der Waals surface area contributed by atoms with Gasteiger partial charge in [0.1, 0.15) is 0 Å². The summed E-state index contributed by atoms with van der Waals surface area (Å²) in [5, 5.41) is 3.23. The monoisotopic (exact) mass is 408 g/mol. The normalized spacial score (nSPS) is 24.3. The highest BCUT2D eigenvalue weighted by Crippen LogP contribution is 2.34. The highest BCUT2D eigenvalue weighted by atomic mass is 16.5. The summed E-state index contributed by atoms with van der Waals surface area (Å²) in [5.74, 6) is 0.0812. The summed E-state index contributed by atoms with van der Waals surface area (Å²) < 4.78 is 11.7. The molecule has 5 nitrogen and oxygen atoms in total. The molecular formula is C25H32N2O3. The standard InChI is InChI=1S/C25H32N2O3/c1-20-16-27(17-23(30-20)21-8-4-2-5-9-21)18-24(28)26-19-25(12-14-29-15-13-25)22-10-6-3-7-11-22/h2-11,20,23H,12-19H2,1H3,(H,26,28). The van der Waals surface area contributed by atoms with E-state index >= 15 is 0 Å². The van der Waals surface area contributed by atoms with E-state index in [4.69, 9.17) is 9.47 Å². The fraction of sp³-hybridized carbons (Fsp3) is 0.480. The summed E-state index contributed by atoms with van der Waals surface area (Å²) in [4.78, 5) is 15.1. The van der Waals surface area contributed by atoms with Crippen molar-refractivity contribution in [2.24, 2.45) is 0 Å². The zero-order valence-electron chi connectivity index (χ0n) is 17.8. The average Bonchev–Trinajstić information content (AvgIpc) is 2.79. The van der Waals surface area contributed by atoms with Gasteiger partial charge >= 0.3 is 0 Å². The molecule has 2 heterocycles. The van der Waals surface area contributed by atoms with Gasteiger partial charge in [0, 0.05) is 38.3 Å². The number of nitrogens with zero attached hydrogens (tertiary/aromatic N) is 1. The molecule has 5 heteroatoms. The third kappa shape index (κ3) is 5.09. The number of rotatable bonds is 6. The molecule has 0 saturated carbocycles. The molecule has 160 valence electrons. The SMILES string of the molecule is CC1CN(CC(=O)NCC2(c3ccccc3)CCOCC2)CC(c2ccccc2)O1. The van der Waals surface area contributed by atoms with E-state index in [9.17, 15) is 4.79 Å². The molecule has 0 aliphatic carbocycles. The molecular weight excluding hydrogens is 376 g/mol. The van der Waals surface area contributed by atoms with Crippen molar-refractivity contribution in [1.82, 2.24) is 10.2 Å². The van der Waals surface area contributed by atoms with Gasteiger partial charge in [-0.2, -0.15) is 0 Å². The number of hydrogen-bond donors (Lipinski definition) is 1. The summed E-state index contributed by atoms with van der Waals surface area (Å²) in [6.45, 7) is 6.12. The number of morpholine rings is 1. The Hall–Kier alpha value is -2.21. The Kier molecular flexibility index (Phi) is 6.82. The van der Waals surface area contributed by atoms with Crippen LogP contribution in [-0.2, 0) is 19.7 Å². The Morgan fingerprint density at radius 3 is 2.40 bits per heavy atom. The van der Waals surface area contributed by atoms with E-state index in [1.165, 1.54) is 11.1 Å². The topological polar surface area (TPSA) is 50.8 Å². The maximum absolute atomic E-state index is 12.9. The fourth-order valence-corrected chi connectivity index (χ4v) is 4.67. The second-order valence-electron chi connectivity index (χ2n) is 8.58. The molecule has 2 aliphatic rings. The molecule has 2 unspecified atom stereocenters. The minimum atomic E-state index is -0.0416. The van der Waals surface area contributed by atoms with E-state index in [1.54, 1.807) is 0 Å². The first-order valence-corrected chi connectivity index (χ1v) is 11.0. The molecule has 0 bridgehead atoms. The number of ether oxygens (including phenoxy) is 2. The molecule has 2 atom stereocenters. The van der Waals surface area contributed by atoms with Crippen LogP contribution in [0.15, 0.2) is 60.7 Å². The van der Waals surface area contributed by atoms with Gasteiger partial charge in [0.15, 0.2) is 0 Å². The van der Waals surface area contributed by atoms with E-state index in [0.717, 1.165) is 39.1 Å². The van der Waals surface area contributed by atoms with Crippen molar-refractivity contribution in [2.45, 2.75) is 37.4 Å². The smallest absolute Gasteiger partial charge is 0.234 e. The van der Waals surface area contributed by atoms with Gasteiger partial charge in [-0.15, -0.1) is 0 Å². The van der Waals surface area contributed by atoms with E-state index in [2.05, 4.69) is 53.5 Å². The number of carbonyl (C=O) groups is 1. The van der Waals surface area contributed by atoms with Crippen LogP contribution >= 0.6 is 0 Å². The zero-order valence-corrected chi connectivity index (χ0v) is 17.8. The first-order chi connectivity index (χ1) is 14.6. The van der Waals surface area contributed by atoms with Crippen LogP contribution in [0.25, 0.3) is 0 Å². The molecule has 0 radical (unpaired) electrons. The summed E-state index contributed by atoms with van der Waals surface area (Å²) in [6, 6.07) is 20.8. The largest absolute Gasteiger partial charge is 0.381 e. The summed E-state index contributed by atoms with van der Waals surface area (Å²) in [7, 11) is 0. The second kappa shape index (κ2) is 9.73. The van der Waals surface area contributed by atoms with Crippen LogP contribution in [0.4, 0.5) is 0 Å². The summed E-state index contributed by atoms with van der Waals surface area (Å²) >= 11 is 0. The van der Waals surface area contributed by atoms with Gasteiger partial charge in [0.2, 0.25) is 5.91 Å². The van der Waals surface area contributed by atoms with Crippen LogP contribution in [0.3, 0.4) is 0 Å². The van der Waals surface area contributed by atoms with E-state index in [1.807, 2.05) is 24.3 Å². The third-order valence-electron chi connectivity index (χ3n) is 6.33. The van der Waals surface area contributed by atoms with Crippen LogP contribution < -0.4 is 5.32 Å². The van der Waals surface area contributed by atoms with Crippen LogP contribution in [0.1, 0.15) is 37.0 Å². The predicted molar refractivity (Wildman–Crippen MR) is 117 cm³/mol. The summed E-state index contributed by atoms with van der Waals surface area (Å²) in [5.41, 5.74) is 2.41. The third-order valence-corrected chi connectivity index (χ3v) is 6.33. The number of amides is 1. The fourth-order valence-electron chi connectivity index (χ4n) is 4.67. The Balaban J connectivity index is 1.36. The first-order valence-electron chi connectivity index (χ1n) is 11.0. The molecule has 30 heavy (non-hydrogen) atoms. The van der Waals surface area contributed by atoms with Gasteiger partial charge in [0.05, 0.1) is 18.8 Å². The quantitative estimate of drug-likeness (QED) is 0.797. The lowest BCUT2D eigenvalue weighted by molar-refractivity contribution is -0.127. The maximum Gasteiger partial charge on any atom is 0.234 e. The lowest BCUT2D eigenvalue weighted by Crippen LogP contribution is -2.50. The Bertz CT molecular complexity index is 806. The van der Waals surface area contributed by atoms with Crippen molar-refractivity contribution in [1.29, 1.82) is 0 Å². The highest BCUT2D eigenvalue weighted by molar-refractivity contribution is 5.78. The van der Waals surface area contributed by atoms with Crippen molar-refractivity contribution < 1.29 is 14.3 Å². The van der Waals surface area contributed by atoms with Crippen LogP contribution in [0.2, 0.25) is 0 Å². The Labute approximate surface area is 179 Å². The molecule has 4 rings (SSSR count). The molecule has 0 aromatic heterocycles. The minimum Gasteiger partial charge on any atom is -0.381 e. The average molecular weight is 409 g/mol. The van der Waals surface area contributed by atoms with Crippen LogP contribution in [0, 0.1) is 0 Å². The van der Waals surface area contributed by atoms with E-state index in [-0.39, 0.29) is 23.5 Å². The van der Waals surface area contributed by atoms with E-state index < -0.39 is 0 Å². The molecule has 2 aromatic rings. The van der Waals surface area contributed by atoms with Crippen molar-refractivity contribution in [3.05, 3.63) is 71.8 Å². The molecule has 2 aliphatic heterocycles. The number of nitrogens with one attached hydrogen (secondary N) is 1. The lowest BCUT2D eigenvalue weighted by Gasteiger charge is -2.39.